The maximum Gasteiger partial charge on any atom is 0.109 e. The molecule has 2 heterocycles. The molecule has 1 aliphatic heterocycles. The molecule has 1 atom stereocenters. The highest BCUT2D eigenvalue weighted by Crippen LogP contribution is 2.23. The second-order valence-corrected chi connectivity index (χ2v) is 8.14. The van der Waals surface area contributed by atoms with E-state index in [1.807, 2.05) is 18.3 Å². The van der Waals surface area contributed by atoms with Gasteiger partial charge in [0.15, 0.2) is 0 Å². The number of hydrogen-bond acceptors (Lipinski definition) is 3. The average molecular weight is 385 g/mol. The largest absolute Gasteiger partial charge is 0.328 e. The summed E-state index contributed by atoms with van der Waals surface area (Å²) in [7, 11) is 0. The first-order valence-electron chi connectivity index (χ1n) is 10.5. The van der Waals surface area contributed by atoms with Gasteiger partial charge < -0.3 is 4.57 Å². The lowest BCUT2D eigenvalue weighted by Gasteiger charge is -2.32. The van der Waals surface area contributed by atoms with Crippen LogP contribution in [0.3, 0.4) is 0 Å². The molecule has 0 aliphatic carbocycles. The molecular formula is C25H28N4. The Morgan fingerprint density at radius 2 is 1.79 bits per heavy atom. The molecule has 0 radical (unpaired) electrons. The van der Waals surface area contributed by atoms with Gasteiger partial charge in [-0.2, -0.15) is 5.26 Å². The number of likely N-dealkylation sites (tertiary alicyclic amines) is 1. The SMILES string of the molecule is Cc1cnc(CC2CCCN(Cc3ccc(C#N)cc3)C2)n1Cc1ccccc1. The molecule has 0 saturated carbocycles. The van der Waals surface area contributed by atoms with E-state index in [1.165, 1.54) is 35.5 Å². The fraction of sp³-hybridized carbons (Fsp3) is 0.360. The lowest BCUT2D eigenvalue weighted by Crippen LogP contribution is -2.36. The molecule has 1 aliphatic rings. The summed E-state index contributed by atoms with van der Waals surface area (Å²) >= 11 is 0. The van der Waals surface area contributed by atoms with E-state index in [0.29, 0.717) is 5.92 Å². The zero-order valence-corrected chi connectivity index (χ0v) is 17.1. The first-order valence-corrected chi connectivity index (χ1v) is 10.5. The Morgan fingerprint density at radius 3 is 2.55 bits per heavy atom. The van der Waals surface area contributed by atoms with Crippen LogP contribution in [0, 0.1) is 24.2 Å². The van der Waals surface area contributed by atoms with Gasteiger partial charge in [-0.25, -0.2) is 4.98 Å². The van der Waals surface area contributed by atoms with E-state index in [9.17, 15) is 0 Å². The third-order valence-electron chi connectivity index (χ3n) is 5.88. The zero-order valence-electron chi connectivity index (χ0n) is 17.1. The van der Waals surface area contributed by atoms with Gasteiger partial charge in [0.1, 0.15) is 5.82 Å². The summed E-state index contributed by atoms with van der Waals surface area (Å²) in [5.41, 5.74) is 4.56. The molecule has 148 valence electrons. The van der Waals surface area contributed by atoms with Gasteiger partial charge in [-0.1, -0.05) is 42.5 Å². The van der Waals surface area contributed by atoms with Crippen molar-refractivity contribution in [2.75, 3.05) is 13.1 Å². The lowest BCUT2D eigenvalue weighted by molar-refractivity contribution is 0.165. The molecule has 0 spiro atoms. The molecule has 4 heteroatoms. The molecule has 1 saturated heterocycles. The number of nitrogens with zero attached hydrogens (tertiary/aromatic N) is 4. The van der Waals surface area contributed by atoms with Crippen LogP contribution >= 0.6 is 0 Å². The van der Waals surface area contributed by atoms with Crippen molar-refractivity contribution in [3.05, 3.63) is 89.0 Å². The highest BCUT2D eigenvalue weighted by atomic mass is 15.1. The van der Waals surface area contributed by atoms with Gasteiger partial charge in [0.2, 0.25) is 0 Å². The summed E-state index contributed by atoms with van der Waals surface area (Å²) in [6, 6.07) is 20.8. The van der Waals surface area contributed by atoms with E-state index in [0.717, 1.165) is 38.2 Å². The van der Waals surface area contributed by atoms with Gasteiger partial charge in [-0.3, -0.25) is 4.90 Å². The van der Waals surface area contributed by atoms with Crippen molar-refractivity contribution in [1.29, 1.82) is 5.26 Å². The molecule has 1 aromatic heterocycles. The topological polar surface area (TPSA) is 44.9 Å². The number of imidazole rings is 1. The van der Waals surface area contributed by atoms with Crippen LogP contribution in [-0.2, 0) is 19.5 Å². The maximum absolute atomic E-state index is 8.97. The van der Waals surface area contributed by atoms with Crippen LogP contribution < -0.4 is 0 Å². The highest BCUT2D eigenvalue weighted by Gasteiger charge is 2.22. The van der Waals surface area contributed by atoms with E-state index >= 15 is 0 Å². The number of hydrogen-bond donors (Lipinski definition) is 0. The summed E-state index contributed by atoms with van der Waals surface area (Å²) in [5.74, 6) is 1.84. The van der Waals surface area contributed by atoms with E-state index < -0.39 is 0 Å². The van der Waals surface area contributed by atoms with Gasteiger partial charge in [-0.05, 0) is 55.5 Å². The Bertz CT molecular complexity index is 966. The fourth-order valence-corrected chi connectivity index (χ4v) is 4.32. The molecule has 0 bridgehead atoms. The van der Waals surface area contributed by atoms with Crippen molar-refractivity contribution in [2.45, 2.75) is 39.3 Å². The monoisotopic (exact) mass is 384 g/mol. The minimum Gasteiger partial charge on any atom is -0.328 e. The molecule has 3 aromatic rings. The molecule has 0 amide bonds. The summed E-state index contributed by atoms with van der Waals surface area (Å²) < 4.78 is 2.37. The minimum atomic E-state index is 0.637. The van der Waals surface area contributed by atoms with Crippen molar-refractivity contribution < 1.29 is 0 Å². The third-order valence-corrected chi connectivity index (χ3v) is 5.88. The number of nitriles is 1. The quantitative estimate of drug-likeness (QED) is 0.625. The summed E-state index contributed by atoms with van der Waals surface area (Å²) in [6.45, 7) is 6.26. The van der Waals surface area contributed by atoms with E-state index in [-0.39, 0.29) is 0 Å². The Hall–Kier alpha value is -2.90. The number of rotatable bonds is 6. The van der Waals surface area contributed by atoms with Crippen LogP contribution in [0.2, 0.25) is 0 Å². The Balaban J connectivity index is 1.40. The summed E-state index contributed by atoms with van der Waals surface area (Å²) in [4.78, 5) is 7.30. The van der Waals surface area contributed by atoms with Crippen molar-refractivity contribution in [3.63, 3.8) is 0 Å². The summed E-state index contributed by atoms with van der Waals surface area (Å²) in [6.07, 6.45) is 5.54. The zero-order chi connectivity index (χ0) is 20.1. The Kier molecular flexibility index (Phi) is 6.07. The van der Waals surface area contributed by atoms with Gasteiger partial charge in [0, 0.05) is 37.9 Å². The molecule has 1 fully saturated rings. The van der Waals surface area contributed by atoms with Gasteiger partial charge in [-0.15, -0.1) is 0 Å². The van der Waals surface area contributed by atoms with Crippen LogP contribution in [0.4, 0.5) is 0 Å². The van der Waals surface area contributed by atoms with Gasteiger partial charge >= 0.3 is 0 Å². The molecular weight excluding hydrogens is 356 g/mol. The molecule has 1 unspecified atom stereocenters. The number of aromatic nitrogens is 2. The van der Waals surface area contributed by atoms with Crippen molar-refractivity contribution >= 4 is 0 Å². The van der Waals surface area contributed by atoms with Crippen LogP contribution in [0.25, 0.3) is 0 Å². The molecule has 4 nitrogen and oxygen atoms in total. The molecule has 2 aromatic carbocycles. The average Bonchev–Trinajstić information content (AvgIpc) is 3.09. The van der Waals surface area contributed by atoms with E-state index in [1.54, 1.807) is 0 Å². The van der Waals surface area contributed by atoms with Crippen LogP contribution in [0.1, 0.15) is 41.1 Å². The maximum atomic E-state index is 8.97. The van der Waals surface area contributed by atoms with Crippen LogP contribution in [0.15, 0.2) is 60.8 Å². The number of piperidine rings is 1. The predicted octanol–water partition coefficient (Wildman–Crippen LogP) is 4.57. The standard InChI is InChI=1S/C25H28N4/c1-20-16-27-25(29(20)19-22-6-3-2-4-7-22)14-24-8-5-13-28(18-24)17-23-11-9-21(15-26)10-12-23/h2-4,6-7,9-12,16,24H,5,8,13-14,17-19H2,1H3. The summed E-state index contributed by atoms with van der Waals surface area (Å²) in [5, 5.41) is 8.97. The van der Waals surface area contributed by atoms with Crippen molar-refractivity contribution in [2.24, 2.45) is 5.92 Å². The van der Waals surface area contributed by atoms with E-state index in [2.05, 4.69) is 64.9 Å². The van der Waals surface area contributed by atoms with Crippen molar-refractivity contribution in [3.8, 4) is 6.07 Å². The number of benzene rings is 2. The molecule has 0 N–H and O–H groups in total. The van der Waals surface area contributed by atoms with Crippen LogP contribution in [0.5, 0.6) is 0 Å². The second-order valence-electron chi connectivity index (χ2n) is 8.14. The third kappa shape index (κ3) is 4.93. The smallest absolute Gasteiger partial charge is 0.109 e. The van der Waals surface area contributed by atoms with Crippen molar-refractivity contribution in [1.82, 2.24) is 14.5 Å². The second kappa shape index (κ2) is 9.07. The van der Waals surface area contributed by atoms with Gasteiger partial charge in [0.05, 0.1) is 11.6 Å². The van der Waals surface area contributed by atoms with E-state index in [4.69, 9.17) is 10.2 Å². The number of aryl methyl sites for hydroxylation is 1. The highest BCUT2D eigenvalue weighted by molar-refractivity contribution is 5.31. The first-order chi connectivity index (χ1) is 14.2. The van der Waals surface area contributed by atoms with Gasteiger partial charge in [0.25, 0.3) is 0 Å². The Morgan fingerprint density at radius 1 is 1.03 bits per heavy atom. The molecule has 29 heavy (non-hydrogen) atoms. The Labute approximate surface area is 173 Å². The minimum absolute atomic E-state index is 0.637. The molecule has 4 rings (SSSR count). The first kappa shape index (κ1) is 19.4. The van der Waals surface area contributed by atoms with Crippen LogP contribution in [-0.4, -0.2) is 27.5 Å². The fourth-order valence-electron chi connectivity index (χ4n) is 4.32. The predicted molar refractivity (Wildman–Crippen MR) is 115 cm³/mol. The lowest BCUT2D eigenvalue weighted by atomic mass is 9.94. The normalized spacial score (nSPS) is 17.2.